The summed E-state index contributed by atoms with van der Waals surface area (Å²) in [7, 11) is 0. The van der Waals surface area contributed by atoms with Crippen molar-refractivity contribution in [2.24, 2.45) is 5.92 Å². The van der Waals surface area contributed by atoms with Crippen LogP contribution in [0.5, 0.6) is 0 Å². The Morgan fingerprint density at radius 3 is 3.00 bits per heavy atom. The fourth-order valence-corrected chi connectivity index (χ4v) is 1.58. The van der Waals surface area contributed by atoms with Gasteiger partial charge in [-0.2, -0.15) is 0 Å². The molecular weight excluding hydrogens is 124 g/mol. The van der Waals surface area contributed by atoms with Gasteiger partial charge in [-0.15, -0.1) is 0 Å². The highest BCUT2D eigenvalue weighted by atomic mass is 15.0. The van der Waals surface area contributed by atoms with E-state index in [1.807, 2.05) is 0 Å². The zero-order chi connectivity index (χ0) is 7.40. The Balaban J connectivity index is 2.25. The normalized spacial score (nSPS) is 34.2. The first-order valence-corrected chi connectivity index (χ1v) is 4.28. The molecule has 1 heterocycles. The van der Waals surface area contributed by atoms with E-state index < -0.39 is 0 Å². The number of hydrogen-bond donors (Lipinski definition) is 2. The van der Waals surface area contributed by atoms with Crippen LogP contribution in [0.3, 0.4) is 0 Å². The molecule has 2 heteroatoms. The fraction of sp³-hybridized carbons (Fsp3) is 1.00. The van der Waals surface area contributed by atoms with Gasteiger partial charge in [0.15, 0.2) is 0 Å². The quantitative estimate of drug-likeness (QED) is 0.590. The lowest BCUT2D eigenvalue weighted by atomic mass is 9.95. The van der Waals surface area contributed by atoms with E-state index in [1.54, 1.807) is 0 Å². The van der Waals surface area contributed by atoms with E-state index in [-0.39, 0.29) is 0 Å². The van der Waals surface area contributed by atoms with Crippen molar-refractivity contribution in [2.45, 2.75) is 26.3 Å². The smallest absolute Gasteiger partial charge is 0.0117 e. The summed E-state index contributed by atoms with van der Waals surface area (Å²) < 4.78 is 0. The van der Waals surface area contributed by atoms with Crippen molar-refractivity contribution in [3.63, 3.8) is 0 Å². The van der Waals surface area contributed by atoms with Gasteiger partial charge in [0.25, 0.3) is 0 Å². The lowest BCUT2D eigenvalue weighted by Crippen LogP contribution is -2.46. The molecular formula is C8H18N2. The van der Waals surface area contributed by atoms with Crippen molar-refractivity contribution in [2.75, 3.05) is 19.6 Å². The van der Waals surface area contributed by atoms with E-state index in [2.05, 4.69) is 24.5 Å². The lowest BCUT2D eigenvalue weighted by molar-refractivity contribution is 0.301. The number of nitrogens with one attached hydrogen (secondary N) is 2. The fourth-order valence-electron chi connectivity index (χ4n) is 1.58. The SMILES string of the molecule is CCN[C@@H]1CCNC[C@@H]1C. The zero-order valence-electron chi connectivity index (χ0n) is 6.98. The topological polar surface area (TPSA) is 24.1 Å². The molecule has 2 atom stereocenters. The molecule has 0 aromatic heterocycles. The minimum absolute atomic E-state index is 0.756. The van der Waals surface area contributed by atoms with Crippen LogP contribution in [0.15, 0.2) is 0 Å². The maximum Gasteiger partial charge on any atom is 0.0117 e. The van der Waals surface area contributed by atoms with Crippen LogP contribution < -0.4 is 10.6 Å². The van der Waals surface area contributed by atoms with Gasteiger partial charge < -0.3 is 10.6 Å². The van der Waals surface area contributed by atoms with Gasteiger partial charge in [0.2, 0.25) is 0 Å². The van der Waals surface area contributed by atoms with Gasteiger partial charge in [-0.05, 0) is 32.0 Å². The van der Waals surface area contributed by atoms with Crippen molar-refractivity contribution < 1.29 is 0 Å². The average molecular weight is 142 g/mol. The second kappa shape index (κ2) is 3.94. The van der Waals surface area contributed by atoms with Gasteiger partial charge in [0.1, 0.15) is 0 Å². The highest BCUT2D eigenvalue weighted by molar-refractivity contribution is 4.79. The van der Waals surface area contributed by atoms with Gasteiger partial charge in [-0.25, -0.2) is 0 Å². The summed E-state index contributed by atoms with van der Waals surface area (Å²) >= 11 is 0. The van der Waals surface area contributed by atoms with Gasteiger partial charge >= 0.3 is 0 Å². The van der Waals surface area contributed by atoms with E-state index in [0.29, 0.717) is 0 Å². The summed E-state index contributed by atoms with van der Waals surface area (Å²) in [5.41, 5.74) is 0. The first kappa shape index (κ1) is 8.02. The molecule has 0 unspecified atom stereocenters. The van der Waals surface area contributed by atoms with Crippen LogP contribution in [-0.2, 0) is 0 Å². The summed E-state index contributed by atoms with van der Waals surface area (Å²) in [5.74, 6) is 0.800. The predicted molar refractivity (Wildman–Crippen MR) is 44.1 cm³/mol. The van der Waals surface area contributed by atoms with E-state index in [4.69, 9.17) is 0 Å². The van der Waals surface area contributed by atoms with Gasteiger partial charge in [0.05, 0.1) is 0 Å². The maximum absolute atomic E-state index is 3.49. The Morgan fingerprint density at radius 2 is 2.40 bits per heavy atom. The van der Waals surface area contributed by atoms with Crippen molar-refractivity contribution in [1.82, 2.24) is 10.6 Å². The highest BCUT2D eigenvalue weighted by Gasteiger charge is 2.18. The largest absolute Gasteiger partial charge is 0.316 e. The van der Waals surface area contributed by atoms with Crippen molar-refractivity contribution in [3.8, 4) is 0 Å². The van der Waals surface area contributed by atoms with Crippen LogP contribution in [0.4, 0.5) is 0 Å². The molecule has 1 aliphatic rings. The predicted octanol–water partition coefficient (Wildman–Crippen LogP) is 0.594. The molecule has 1 rings (SSSR count). The molecule has 0 spiro atoms. The highest BCUT2D eigenvalue weighted by Crippen LogP contribution is 2.09. The first-order chi connectivity index (χ1) is 4.84. The number of hydrogen-bond acceptors (Lipinski definition) is 2. The summed E-state index contributed by atoms with van der Waals surface area (Å²) in [5, 5.41) is 6.88. The van der Waals surface area contributed by atoms with E-state index in [0.717, 1.165) is 18.5 Å². The molecule has 0 bridgehead atoms. The first-order valence-electron chi connectivity index (χ1n) is 4.28. The van der Waals surface area contributed by atoms with Gasteiger partial charge in [-0.3, -0.25) is 0 Å². The molecule has 1 saturated heterocycles. The molecule has 0 amide bonds. The van der Waals surface area contributed by atoms with Crippen LogP contribution in [0, 0.1) is 5.92 Å². The van der Waals surface area contributed by atoms with Crippen LogP contribution >= 0.6 is 0 Å². The van der Waals surface area contributed by atoms with Crippen LogP contribution in [0.1, 0.15) is 20.3 Å². The molecule has 0 aliphatic carbocycles. The van der Waals surface area contributed by atoms with Gasteiger partial charge in [0, 0.05) is 6.04 Å². The van der Waals surface area contributed by atoms with Crippen LogP contribution in [0.2, 0.25) is 0 Å². The van der Waals surface area contributed by atoms with Crippen molar-refractivity contribution in [1.29, 1.82) is 0 Å². The van der Waals surface area contributed by atoms with Crippen LogP contribution in [-0.4, -0.2) is 25.7 Å². The second-order valence-corrected chi connectivity index (χ2v) is 3.13. The molecule has 60 valence electrons. The standard InChI is InChI=1S/C8H18N2/c1-3-10-8-4-5-9-6-7(8)2/h7-10H,3-6H2,1-2H3/t7-,8+/m0/s1. The summed E-state index contributed by atoms with van der Waals surface area (Å²) in [6, 6.07) is 0.756. The zero-order valence-corrected chi connectivity index (χ0v) is 6.98. The minimum atomic E-state index is 0.756. The van der Waals surface area contributed by atoms with Crippen molar-refractivity contribution in [3.05, 3.63) is 0 Å². The maximum atomic E-state index is 3.49. The molecule has 2 nitrogen and oxygen atoms in total. The Bertz CT molecular complexity index is 91.3. The molecule has 10 heavy (non-hydrogen) atoms. The number of rotatable bonds is 2. The van der Waals surface area contributed by atoms with Gasteiger partial charge in [-0.1, -0.05) is 13.8 Å². The molecule has 0 saturated carbocycles. The summed E-state index contributed by atoms with van der Waals surface area (Å²) in [6.07, 6.45) is 1.29. The Kier molecular flexibility index (Phi) is 3.16. The minimum Gasteiger partial charge on any atom is -0.316 e. The molecule has 0 aromatic carbocycles. The lowest BCUT2D eigenvalue weighted by Gasteiger charge is -2.29. The third-order valence-electron chi connectivity index (χ3n) is 2.25. The Labute approximate surface area is 63.4 Å². The summed E-state index contributed by atoms with van der Waals surface area (Å²) in [6.45, 7) is 7.95. The third kappa shape index (κ3) is 1.96. The molecule has 1 fully saturated rings. The van der Waals surface area contributed by atoms with E-state index in [1.165, 1.54) is 19.5 Å². The molecule has 0 radical (unpaired) electrons. The summed E-state index contributed by atoms with van der Waals surface area (Å²) in [4.78, 5) is 0. The Morgan fingerprint density at radius 1 is 1.60 bits per heavy atom. The third-order valence-corrected chi connectivity index (χ3v) is 2.25. The average Bonchev–Trinajstić information content (AvgIpc) is 1.94. The van der Waals surface area contributed by atoms with Crippen LogP contribution in [0.25, 0.3) is 0 Å². The monoisotopic (exact) mass is 142 g/mol. The molecule has 2 N–H and O–H groups in total. The molecule has 0 aromatic rings. The molecule has 1 aliphatic heterocycles. The van der Waals surface area contributed by atoms with E-state index >= 15 is 0 Å². The Hall–Kier alpha value is -0.0800. The van der Waals surface area contributed by atoms with E-state index in [9.17, 15) is 0 Å². The second-order valence-electron chi connectivity index (χ2n) is 3.13. The number of piperidine rings is 1. The van der Waals surface area contributed by atoms with Crippen molar-refractivity contribution >= 4 is 0 Å².